The standard InChI is InChI=1S/C42H48N2O8/c1-49-38-21-32-19-20-44(25-34(32)22-39(38)50-2)26-35-23-37(30-13-11-28(27-45)12-14-30)52-42(51-35)31-17-15-29(16-18-31)36-8-4-3-7-33(36)24-43-40(46)9-5-6-10-41(47)48/h3-4,7-8,11-18,21-22,35,37,42,45H,5-6,9-10,19-20,23-27H2,1-2H3,(H,43,46)(H,47,48)/t35-,37+,42+/m1/s1. The van der Waals surface area contributed by atoms with E-state index in [-0.39, 0.29) is 31.1 Å². The van der Waals surface area contributed by atoms with Gasteiger partial charge in [0.25, 0.3) is 0 Å². The molecule has 3 N–H and O–H groups in total. The van der Waals surface area contributed by atoms with Crippen LogP contribution in [0.2, 0.25) is 0 Å². The maximum Gasteiger partial charge on any atom is 0.303 e. The van der Waals surface area contributed by atoms with E-state index in [9.17, 15) is 14.7 Å². The normalized spacial score (nSPS) is 18.7. The van der Waals surface area contributed by atoms with Gasteiger partial charge in [0.15, 0.2) is 17.8 Å². The van der Waals surface area contributed by atoms with E-state index < -0.39 is 12.3 Å². The number of unbranched alkanes of at least 4 members (excludes halogenated alkanes) is 1. The van der Waals surface area contributed by atoms with Crippen molar-refractivity contribution >= 4 is 11.9 Å². The second kappa shape index (κ2) is 17.7. The van der Waals surface area contributed by atoms with E-state index in [2.05, 4.69) is 34.5 Å². The molecule has 1 fully saturated rings. The molecule has 1 amide bonds. The molecule has 0 saturated carbocycles. The summed E-state index contributed by atoms with van der Waals surface area (Å²) in [5, 5.41) is 21.4. The van der Waals surface area contributed by atoms with E-state index in [0.717, 1.165) is 70.9 Å². The van der Waals surface area contributed by atoms with Gasteiger partial charge in [-0.1, -0.05) is 72.8 Å². The summed E-state index contributed by atoms with van der Waals surface area (Å²) in [5.41, 5.74) is 8.35. The Kier molecular flexibility index (Phi) is 12.6. The molecule has 2 heterocycles. The molecule has 0 radical (unpaired) electrons. The number of aliphatic hydroxyl groups excluding tert-OH is 1. The van der Waals surface area contributed by atoms with Crippen molar-refractivity contribution in [2.24, 2.45) is 0 Å². The van der Waals surface area contributed by atoms with Gasteiger partial charge in [0.2, 0.25) is 5.91 Å². The quantitative estimate of drug-likeness (QED) is 0.115. The van der Waals surface area contributed by atoms with Crippen molar-refractivity contribution < 1.29 is 38.7 Å². The van der Waals surface area contributed by atoms with Gasteiger partial charge >= 0.3 is 5.97 Å². The van der Waals surface area contributed by atoms with Gasteiger partial charge in [0.05, 0.1) is 33.0 Å². The summed E-state index contributed by atoms with van der Waals surface area (Å²) in [5.74, 6) is 0.551. The summed E-state index contributed by atoms with van der Waals surface area (Å²) in [7, 11) is 3.33. The highest BCUT2D eigenvalue weighted by Crippen LogP contribution is 2.40. The maximum absolute atomic E-state index is 12.4. The number of amides is 1. The number of ether oxygens (including phenoxy) is 4. The number of carboxylic acid groups (broad SMARTS) is 1. The van der Waals surface area contributed by atoms with Gasteiger partial charge in [-0.05, 0) is 70.3 Å². The molecule has 10 nitrogen and oxygen atoms in total. The number of carbonyl (C=O) groups is 2. The van der Waals surface area contributed by atoms with E-state index in [4.69, 9.17) is 24.1 Å². The predicted octanol–water partition coefficient (Wildman–Crippen LogP) is 6.73. The van der Waals surface area contributed by atoms with Gasteiger partial charge in [-0.15, -0.1) is 0 Å². The monoisotopic (exact) mass is 708 g/mol. The molecular weight excluding hydrogens is 660 g/mol. The minimum Gasteiger partial charge on any atom is -0.493 e. The minimum absolute atomic E-state index is 0.0102. The number of rotatable bonds is 15. The topological polar surface area (TPSA) is 127 Å². The van der Waals surface area contributed by atoms with Crippen molar-refractivity contribution in [2.45, 2.75) is 76.7 Å². The number of hydrogen-bond acceptors (Lipinski definition) is 8. The fourth-order valence-corrected chi connectivity index (χ4v) is 7.04. The van der Waals surface area contributed by atoms with E-state index in [1.807, 2.05) is 60.7 Å². The van der Waals surface area contributed by atoms with Gasteiger partial charge in [-0.25, -0.2) is 0 Å². The number of carbonyl (C=O) groups excluding carboxylic acids is 1. The zero-order valence-corrected chi connectivity index (χ0v) is 29.9. The van der Waals surface area contributed by atoms with Crippen LogP contribution in [0.3, 0.4) is 0 Å². The second-order valence-corrected chi connectivity index (χ2v) is 13.5. The summed E-state index contributed by atoms with van der Waals surface area (Å²) in [6.45, 7) is 2.81. The lowest BCUT2D eigenvalue weighted by Gasteiger charge is -2.39. The Morgan fingerprint density at radius 1 is 0.865 bits per heavy atom. The largest absolute Gasteiger partial charge is 0.493 e. The van der Waals surface area contributed by atoms with Crippen LogP contribution in [-0.2, 0) is 45.2 Å². The van der Waals surface area contributed by atoms with E-state index >= 15 is 0 Å². The Morgan fingerprint density at radius 3 is 2.27 bits per heavy atom. The van der Waals surface area contributed by atoms with Crippen molar-refractivity contribution in [3.05, 3.63) is 118 Å². The van der Waals surface area contributed by atoms with Crippen molar-refractivity contribution in [1.29, 1.82) is 0 Å². The molecule has 0 spiro atoms. The smallest absolute Gasteiger partial charge is 0.303 e. The third-order valence-corrected chi connectivity index (χ3v) is 9.91. The molecule has 0 aromatic heterocycles. The number of nitrogens with one attached hydrogen (secondary N) is 1. The highest BCUT2D eigenvalue weighted by molar-refractivity contribution is 5.76. The average molecular weight is 709 g/mol. The predicted molar refractivity (Wildman–Crippen MR) is 197 cm³/mol. The Labute approximate surface area is 305 Å². The molecule has 0 unspecified atom stereocenters. The van der Waals surface area contributed by atoms with E-state index in [1.54, 1.807) is 14.2 Å². The number of benzene rings is 4. The third kappa shape index (κ3) is 9.37. The summed E-state index contributed by atoms with van der Waals surface area (Å²) < 4.78 is 24.5. The number of aliphatic hydroxyl groups is 1. The van der Waals surface area contributed by atoms with Crippen LogP contribution in [0.15, 0.2) is 84.9 Å². The van der Waals surface area contributed by atoms with Gasteiger partial charge in [-0.3, -0.25) is 14.5 Å². The number of aliphatic carboxylic acids is 1. The molecule has 0 aliphatic carbocycles. The van der Waals surface area contributed by atoms with Crippen molar-refractivity contribution in [3.63, 3.8) is 0 Å². The highest BCUT2D eigenvalue weighted by Gasteiger charge is 2.34. The molecule has 52 heavy (non-hydrogen) atoms. The zero-order chi connectivity index (χ0) is 36.5. The molecule has 4 aromatic carbocycles. The summed E-state index contributed by atoms with van der Waals surface area (Å²) in [4.78, 5) is 25.6. The number of hydrogen-bond donors (Lipinski definition) is 3. The Balaban J connectivity index is 1.16. The van der Waals surface area contributed by atoms with Gasteiger partial charge < -0.3 is 34.5 Å². The fourth-order valence-electron chi connectivity index (χ4n) is 7.04. The molecule has 3 atom stereocenters. The summed E-state index contributed by atoms with van der Waals surface area (Å²) in [6.07, 6.45) is 2.15. The van der Waals surface area contributed by atoms with Gasteiger partial charge in [0, 0.05) is 51.0 Å². The number of carboxylic acids is 1. The minimum atomic E-state index is -0.845. The third-order valence-electron chi connectivity index (χ3n) is 9.91. The van der Waals surface area contributed by atoms with Crippen molar-refractivity contribution in [3.8, 4) is 22.6 Å². The first-order valence-electron chi connectivity index (χ1n) is 18.0. The van der Waals surface area contributed by atoms with E-state index in [1.165, 1.54) is 11.1 Å². The second-order valence-electron chi connectivity index (χ2n) is 13.5. The van der Waals surface area contributed by atoms with Crippen LogP contribution in [0.1, 0.15) is 77.9 Å². The van der Waals surface area contributed by atoms with Gasteiger partial charge in [-0.2, -0.15) is 0 Å². The Hall–Kier alpha value is -4.74. The molecule has 2 aliphatic heterocycles. The number of nitrogens with zero attached hydrogens (tertiary/aromatic N) is 1. The van der Waals surface area contributed by atoms with Crippen LogP contribution >= 0.6 is 0 Å². The SMILES string of the molecule is COc1cc2c(cc1OC)CN(C[C@H]1C[C@@H](c3ccc(CO)cc3)O[C@@H](c3ccc(-c4ccccc4CNC(=O)CCCCC(=O)O)cc3)O1)CC2. The van der Waals surface area contributed by atoms with Crippen LogP contribution in [0.25, 0.3) is 11.1 Å². The van der Waals surface area contributed by atoms with Crippen LogP contribution in [0, 0.1) is 0 Å². The first-order chi connectivity index (χ1) is 25.3. The Morgan fingerprint density at radius 2 is 1.56 bits per heavy atom. The van der Waals surface area contributed by atoms with E-state index in [0.29, 0.717) is 32.2 Å². The van der Waals surface area contributed by atoms with Gasteiger partial charge in [0.1, 0.15) is 0 Å². The van der Waals surface area contributed by atoms with Crippen LogP contribution in [0.5, 0.6) is 11.5 Å². The fraction of sp³-hybridized carbons (Fsp3) is 0.381. The van der Waals surface area contributed by atoms with Crippen LogP contribution in [-0.4, -0.2) is 60.4 Å². The first-order valence-corrected chi connectivity index (χ1v) is 18.0. The average Bonchev–Trinajstić information content (AvgIpc) is 3.18. The molecular formula is C42H48N2O8. The lowest BCUT2D eigenvalue weighted by Crippen LogP contribution is -2.41. The molecule has 1 saturated heterocycles. The molecule has 4 aromatic rings. The summed E-state index contributed by atoms with van der Waals surface area (Å²) in [6, 6.07) is 28.3. The van der Waals surface area contributed by atoms with Crippen LogP contribution in [0.4, 0.5) is 0 Å². The highest BCUT2D eigenvalue weighted by atomic mass is 16.7. The lowest BCUT2D eigenvalue weighted by atomic mass is 9.96. The first kappa shape index (κ1) is 37.0. The molecule has 2 aliphatic rings. The number of fused-ring (bicyclic) bond motifs is 1. The summed E-state index contributed by atoms with van der Waals surface area (Å²) >= 11 is 0. The lowest BCUT2D eigenvalue weighted by molar-refractivity contribution is -0.253. The molecule has 10 heteroatoms. The molecule has 0 bridgehead atoms. The maximum atomic E-state index is 12.4. The zero-order valence-electron chi connectivity index (χ0n) is 29.9. The van der Waals surface area contributed by atoms with Crippen LogP contribution < -0.4 is 14.8 Å². The number of methoxy groups -OCH3 is 2. The molecule has 6 rings (SSSR count). The molecule has 274 valence electrons. The Bertz CT molecular complexity index is 1810. The van der Waals surface area contributed by atoms with Crippen molar-refractivity contribution in [1.82, 2.24) is 10.2 Å². The van der Waals surface area contributed by atoms with Crippen molar-refractivity contribution in [2.75, 3.05) is 27.3 Å².